The van der Waals surface area contributed by atoms with Crippen LogP contribution >= 0.6 is 11.8 Å². The van der Waals surface area contributed by atoms with Crippen molar-refractivity contribution in [3.8, 4) is 0 Å². The number of rotatable bonds is 5. The molecule has 0 bridgehead atoms. The van der Waals surface area contributed by atoms with Crippen LogP contribution in [0.15, 0.2) is 59.8 Å². The third kappa shape index (κ3) is 3.60. The van der Waals surface area contributed by atoms with Gasteiger partial charge in [-0.3, -0.25) is 0 Å². The lowest BCUT2D eigenvalue weighted by atomic mass is 10.2. The van der Waals surface area contributed by atoms with E-state index in [9.17, 15) is 0 Å². The number of nitrogen functional groups attached to an aromatic ring is 1. The first-order valence-electron chi connectivity index (χ1n) is 9.23. The van der Waals surface area contributed by atoms with Gasteiger partial charge in [0.15, 0.2) is 10.8 Å². The van der Waals surface area contributed by atoms with Crippen LogP contribution in [0.4, 0.5) is 17.6 Å². The van der Waals surface area contributed by atoms with Gasteiger partial charge in [0.2, 0.25) is 11.9 Å². The van der Waals surface area contributed by atoms with Crippen molar-refractivity contribution in [2.45, 2.75) is 17.8 Å². The third-order valence-corrected chi connectivity index (χ3v) is 5.24. The number of hydrogen-bond donors (Lipinski definition) is 2. The third-order valence-electron chi connectivity index (χ3n) is 4.31. The fraction of sp³-hybridized carbons (Fsp3) is 0.100. The summed E-state index contributed by atoms with van der Waals surface area (Å²) in [5.41, 5.74) is 8.41. The molecular formula is C20H17N9S. The number of aromatic nitrogens is 7. The molecule has 0 saturated heterocycles. The normalized spacial score (nSPS) is 11.2. The Bertz CT molecular complexity index is 1350. The highest BCUT2D eigenvalue weighted by atomic mass is 32.2. The van der Waals surface area contributed by atoms with Crippen LogP contribution in [0, 0.1) is 6.92 Å². The minimum absolute atomic E-state index is 0.159. The number of aryl methyl sites for hydroxylation is 1. The molecule has 3 aromatic heterocycles. The maximum atomic E-state index is 5.90. The maximum Gasteiger partial charge on any atom is 0.232 e. The van der Waals surface area contributed by atoms with Crippen molar-refractivity contribution in [1.29, 1.82) is 0 Å². The monoisotopic (exact) mass is 415 g/mol. The van der Waals surface area contributed by atoms with Gasteiger partial charge in [0, 0.05) is 11.1 Å². The van der Waals surface area contributed by atoms with E-state index >= 15 is 0 Å². The Morgan fingerprint density at radius 1 is 0.933 bits per heavy atom. The molecule has 0 fully saturated rings. The zero-order valence-electron chi connectivity index (χ0n) is 16.0. The summed E-state index contributed by atoms with van der Waals surface area (Å²) in [7, 11) is 0. The summed E-state index contributed by atoms with van der Waals surface area (Å²) in [4.78, 5) is 22.2. The maximum absolute atomic E-state index is 5.90. The molecule has 0 aliphatic heterocycles. The molecule has 0 amide bonds. The van der Waals surface area contributed by atoms with Crippen LogP contribution in [-0.2, 0) is 5.75 Å². The lowest BCUT2D eigenvalue weighted by molar-refractivity contribution is 0.796. The quantitative estimate of drug-likeness (QED) is 0.329. The second-order valence-electron chi connectivity index (χ2n) is 6.52. The van der Waals surface area contributed by atoms with E-state index in [1.807, 2.05) is 61.5 Å². The minimum Gasteiger partial charge on any atom is -0.368 e. The van der Waals surface area contributed by atoms with Gasteiger partial charge < -0.3 is 11.1 Å². The van der Waals surface area contributed by atoms with Crippen LogP contribution in [0.1, 0.15) is 11.6 Å². The average Bonchev–Trinajstić information content (AvgIpc) is 3.14. The summed E-state index contributed by atoms with van der Waals surface area (Å²) in [5, 5.41) is 9.31. The topological polar surface area (TPSA) is 120 Å². The second-order valence-corrected chi connectivity index (χ2v) is 7.46. The van der Waals surface area contributed by atoms with E-state index in [0.29, 0.717) is 28.5 Å². The van der Waals surface area contributed by atoms with Gasteiger partial charge >= 0.3 is 0 Å². The molecule has 0 unspecified atom stereocenters. The first-order chi connectivity index (χ1) is 14.7. The molecule has 148 valence electrons. The number of fused-ring (bicyclic) bond motifs is 3. The van der Waals surface area contributed by atoms with Crippen LogP contribution < -0.4 is 11.1 Å². The summed E-state index contributed by atoms with van der Waals surface area (Å²) in [6, 6.07) is 17.5. The van der Waals surface area contributed by atoms with Crippen molar-refractivity contribution in [3.63, 3.8) is 0 Å². The van der Waals surface area contributed by atoms with Gasteiger partial charge in [-0.1, -0.05) is 42.1 Å². The predicted molar refractivity (Wildman–Crippen MR) is 117 cm³/mol. The molecule has 9 nitrogen and oxygen atoms in total. The van der Waals surface area contributed by atoms with E-state index in [1.54, 1.807) is 4.52 Å². The van der Waals surface area contributed by atoms with Gasteiger partial charge in [0.25, 0.3) is 0 Å². The lowest BCUT2D eigenvalue weighted by Gasteiger charge is -2.08. The second kappa shape index (κ2) is 7.56. The van der Waals surface area contributed by atoms with Crippen molar-refractivity contribution in [2.24, 2.45) is 0 Å². The van der Waals surface area contributed by atoms with Crippen molar-refractivity contribution in [3.05, 3.63) is 66.2 Å². The van der Waals surface area contributed by atoms with Gasteiger partial charge in [-0.25, -0.2) is 9.97 Å². The molecule has 5 aromatic rings. The average molecular weight is 415 g/mol. The number of nitrogens with zero attached hydrogens (tertiary/aromatic N) is 7. The SMILES string of the molecule is Cc1nc2c3ccccc3nc(SCc3nc(N)nc(Nc4ccccc4)n3)n2n1. The van der Waals surface area contributed by atoms with E-state index in [-0.39, 0.29) is 5.95 Å². The Hall–Kier alpha value is -3.79. The summed E-state index contributed by atoms with van der Waals surface area (Å²) in [5.74, 6) is 2.25. The van der Waals surface area contributed by atoms with Crippen LogP contribution in [0.2, 0.25) is 0 Å². The minimum atomic E-state index is 0.159. The molecular weight excluding hydrogens is 398 g/mol. The molecule has 10 heteroatoms. The van der Waals surface area contributed by atoms with Crippen molar-refractivity contribution in [2.75, 3.05) is 11.1 Å². The van der Waals surface area contributed by atoms with E-state index in [2.05, 4.69) is 30.4 Å². The molecule has 0 radical (unpaired) electrons. The smallest absolute Gasteiger partial charge is 0.232 e. The van der Waals surface area contributed by atoms with Crippen LogP contribution in [0.25, 0.3) is 16.6 Å². The van der Waals surface area contributed by atoms with E-state index in [0.717, 1.165) is 22.2 Å². The summed E-state index contributed by atoms with van der Waals surface area (Å²) in [6.07, 6.45) is 0. The van der Waals surface area contributed by atoms with E-state index < -0.39 is 0 Å². The largest absolute Gasteiger partial charge is 0.368 e. The van der Waals surface area contributed by atoms with Crippen molar-refractivity contribution < 1.29 is 0 Å². The molecule has 2 aromatic carbocycles. The Labute approximate surface area is 175 Å². The molecule has 0 aliphatic rings. The van der Waals surface area contributed by atoms with Crippen molar-refractivity contribution >= 4 is 45.9 Å². The van der Waals surface area contributed by atoms with Crippen molar-refractivity contribution in [1.82, 2.24) is 34.5 Å². The lowest BCUT2D eigenvalue weighted by Crippen LogP contribution is -2.07. The highest BCUT2D eigenvalue weighted by Gasteiger charge is 2.14. The Balaban J connectivity index is 1.45. The number of anilines is 3. The first kappa shape index (κ1) is 18.3. The van der Waals surface area contributed by atoms with Gasteiger partial charge in [-0.05, 0) is 31.2 Å². The number of nitrogens with two attached hydrogens (primary N) is 1. The zero-order valence-corrected chi connectivity index (χ0v) is 16.8. The number of para-hydroxylation sites is 2. The Morgan fingerprint density at radius 3 is 2.60 bits per heavy atom. The summed E-state index contributed by atoms with van der Waals surface area (Å²) in [6.45, 7) is 1.87. The van der Waals surface area contributed by atoms with Gasteiger partial charge in [-0.15, -0.1) is 5.10 Å². The summed E-state index contributed by atoms with van der Waals surface area (Å²) >= 11 is 1.47. The molecule has 0 spiro atoms. The highest BCUT2D eigenvalue weighted by Crippen LogP contribution is 2.26. The molecule has 3 heterocycles. The number of hydrogen-bond acceptors (Lipinski definition) is 9. The molecule has 5 rings (SSSR count). The number of thioether (sulfide) groups is 1. The number of nitrogens with one attached hydrogen (secondary N) is 1. The molecule has 0 atom stereocenters. The van der Waals surface area contributed by atoms with Gasteiger partial charge in [0.05, 0.1) is 11.3 Å². The predicted octanol–water partition coefficient (Wildman–Crippen LogP) is 3.39. The first-order valence-corrected chi connectivity index (χ1v) is 10.2. The van der Waals surface area contributed by atoms with Crippen LogP contribution in [-0.4, -0.2) is 34.5 Å². The Kier molecular flexibility index (Phi) is 4.60. The fourth-order valence-electron chi connectivity index (χ4n) is 3.06. The zero-order chi connectivity index (χ0) is 20.5. The standard InChI is InChI=1S/C20H17N9S/c1-12-22-17-14-9-5-6-10-15(14)24-20(29(17)28-12)30-11-16-25-18(21)27-19(26-16)23-13-7-3-2-4-8-13/h2-10H,11H2,1H3,(H3,21,23,25,26,27). The van der Waals surface area contributed by atoms with Gasteiger partial charge in [0.1, 0.15) is 11.6 Å². The van der Waals surface area contributed by atoms with E-state index in [4.69, 9.17) is 10.7 Å². The van der Waals surface area contributed by atoms with Gasteiger partial charge in [-0.2, -0.15) is 19.5 Å². The van der Waals surface area contributed by atoms with E-state index in [1.165, 1.54) is 11.8 Å². The fourth-order valence-corrected chi connectivity index (χ4v) is 3.86. The molecule has 0 aliphatic carbocycles. The molecule has 0 saturated carbocycles. The molecule has 3 N–H and O–H groups in total. The Morgan fingerprint density at radius 2 is 1.73 bits per heavy atom. The van der Waals surface area contributed by atoms with Crippen LogP contribution in [0.5, 0.6) is 0 Å². The number of benzene rings is 2. The molecule has 30 heavy (non-hydrogen) atoms. The highest BCUT2D eigenvalue weighted by molar-refractivity contribution is 7.98. The van der Waals surface area contributed by atoms with Crippen LogP contribution in [0.3, 0.4) is 0 Å². The summed E-state index contributed by atoms with van der Waals surface area (Å²) < 4.78 is 1.76.